The Kier molecular flexibility index (Phi) is 12.3. The van der Waals surface area contributed by atoms with Gasteiger partial charge in [0.1, 0.15) is 0 Å². The SMILES string of the molecule is Cc1ccc(-c2ccc(-c3ccccc3-c3cc(-c4ccccc4-c4ccc(-c5cc(C)ccn5)cc4)cc(-c4ccccc4-c4ccc(-c5ccc(C)cn5)cc4-c4ccc5c(ccc6ccccc65)c4)c3)cc2)nc1. The molecule has 0 unspecified atom stereocenters. The monoisotopic (exact) mass is 983 g/mol. The molecule has 3 nitrogen and oxygen atoms in total. The highest BCUT2D eigenvalue weighted by Crippen LogP contribution is 2.45. The summed E-state index contributed by atoms with van der Waals surface area (Å²) in [6.45, 7) is 6.27. The number of pyridine rings is 3. The van der Waals surface area contributed by atoms with Crippen LogP contribution in [0.1, 0.15) is 16.7 Å². The number of hydrogen-bond acceptors (Lipinski definition) is 3. The Hall–Kier alpha value is -9.83. The van der Waals surface area contributed by atoms with Crippen molar-refractivity contribution in [1.82, 2.24) is 15.0 Å². The summed E-state index contributed by atoms with van der Waals surface area (Å²) in [7, 11) is 0. The molecule has 0 aliphatic heterocycles. The zero-order chi connectivity index (χ0) is 51.8. The van der Waals surface area contributed by atoms with Crippen molar-refractivity contribution in [3.8, 4) is 112 Å². The second-order valence-corrected chi connectivity index (χ2v) is 20.2. The van der Waals surface area contributed by atoms with Crippen LogP contribution in [0.2, 0.25) is 0 Å². The lowest BCUT2D eigenvalue weighted by Gasteiger charge is -2.19. The molecule has 0 spiro atoms. The van der Waals surface area contributed by atoms with Crippen molar-refractivity contribution in [2.75, 3.05) is 0 Å². The molecule has 0 aliphatic rings. The summed E-state index contributed by atoms with van der Waals surface area (Å²) in [6, 6.07) is 91.0. The molecule has 0 bridgehead atoms. The Morgan fingerprint density at radius 1 is 0.221 bits per heavy atom. The lowest BCUT2D eigenvalue weighted by atomic mass is 9.84. The average Bonchev–Trinajstić information content (AvgIpc) is 3.53. The number of aryl methyl sites for hydroxylation is 3. The van der Waals surface area contributed by atoms with Gasteiger partial charge in [-0.25, -0.2) is 0 Å². The van der Waals surface area contributed by atoms with Gasteiger partial charge in [0.25, 0.3) is 0 Å². The van der Waals surface area contributed by atoms with Crippen molar-refractivity contribution < 1.29 is 0 Å². The first-order valence-electron chi connectivity index (χ1n) is 26.4. The number of rotatable bonds is 10. The third-order valence-electron chi connectivity index (χ3n) is 15.0. The number of aromatic nitrogens is 3. The minimum Gasteiger partial charge on any atom is -0.256 e. The molecule has 0 fully saturated rings. The van der Waals surface area contributed by atoms with Gasteiger partial charge in [-0.1, -0.05) is 194 Å². The molecule has 3 aromatic heterocycles. The Bertz CT molecular complexity index is 4320. The predicted octanol–water partition coefficient (Wildman–Crippen LogP) is 19.8. The van der Waals surface area contributed by atoms with Crippen LogP contribution in [-0.4, -0.2) is 15.0 Å². The van der Waals surface area contributed by atoms with Crippen LogP contribution in [0.4, 0.5) is 0 Å². The molecular weight excluding hydrogens is 931 g/mol. The third kappa shape index (κ3) is 9.30. The van der Waals surface area contributed by atoms with E-state index >= 15 is 0 Å². The van der Waals surface area contributed by atoms with Crippen molar-refractivity contribution in [2.45, 2.75) is 20.8 Å². The molecule has 0 amide bonds. The maximum Gasteiger partial charge on any atom is 0.0704 e. The van der Waals surface area contributed by atoms with Crippen molar-refractivity contribution in [3.05, 3.63) is 284 Å². The summed E-state index contributed by atoms with van der Waals surface area (Å²) >= 11 is 0. The lowest BCUT2D eigenvalue weighted by Crippen LogP contribution is -1.94. The molecule has 0 aliphatic carbocycles. The van der Waals surface area contributed by atoms with Gasteiger partial charge in [-0.2, -0.15) is 0 Å². The Morgan fingerprint density at radius 2 is 0.662 bits per heavy atom. The van der Waals surface area contributed by atoms with Crippen LogP contribution in [0, 0.1) is 20.8 Å². The first-order valence-corrected chi connectivity index (χ1v) is 26.4. The number of hydrogen-bond donors (Lipinski definition) is 0. The van der Waals surface area contributed by atoms with E-state index in [9.17, 15) is 0 Å². The van der Waals surface area contributed by atoms with Gasteiger partial charge in [0, 0.05) is 35.3 Å². The van der Waals surface area contributed by atoms with E-state index in [4.69, 9.17) is 15.0 Å². The van der Waals surface area contributed by atoms with Crippen LogP contribution in [0.3, 0.4) is 0 Å². The third-order valence-corrected chi connectivity index (χ3v) is 15.0. The van der Waals surface area contributed by atoms with Crippen LogP contribution in [0.5, 0.6) is 0 Å². The quantitative estimate of drug-likeness (QED) is 0.128. The second-order valence-electron chi connectivity index (χ2n) is 20.2. The van der Waals surface area contributed by atoms with Gasteiger partial charge in [0.05, 0.1) is 17.1 Å². The fraction of sp³-hybridized carbons (Fsp3) is 0.0405. The van der Waals surface area contributed by atoms with Crippen molar-refractivity contribution in [1.29, 1.82) is 0 Å². The minimum atomic E-state index is 0.945. The molecule has 0 N–H and O–H groups in total. The molecule has 364 valence electrons. The van der Waals surface area contributed by atoms with Gasteiger partial charge < -0.3 is 0 Å². The maximum atomic E-state index is 4.91. The van der Waals surface area contributed by atoms with Gasteiger partial charge in [-0.15, -0.1) is 0 Å². The van der Waals surface area contributed by atoms with Gasteiger partial charge in [-0.3, -0.25) is 15.0 Å². The van der Waals surface area contributed by atoms with E-state index in [1.807, 2.05) is 24.7 Å². The van der Waals surface area contributed by atoms with Crippen molar-refractivity contribution >= 4 is 21.5 Å². The predicted molar refractivity (Wildman–Crippen MR) is 323 cm³/mol. The highest BCUT2D eigenvalue weighted by Gasteiger charge is 2.19. The summed E-state index contributed by atoms with van der Waals surface area (Å²) in [5.74, 6) is 0. The normalized spacial score (nSPS) is 11.3. The van der Waals surface area contributed by atoms with Gasteiger partial charge in [0.15, 0.2) is 0 Å². The molecule has 3 heterocycles. The molecule has 0 radical (unpaired) electrons. The molecule has 77 heavy (non-hydrogen) atoms. The zero-order valence-corrected chi connectivity index (χ0v) is 43.2. The molecule has 0 saturated heterocycles. The fourth-order valence-corrected chi connectivity index (χ4v) is 11.0. The Labute approximate surface area is 450 Å². The summed E-state index contributed by atoms with van der Waals surface area (Å²) in [5, 5.41) is 4.95. The van der Waals surface area contributed by atoms with E-state index in [0.717, 1.165) is 123 Å². The Balaban J connectivity index is 0.994. The first-order chi connectivity index (χ1) is 37.9. The average molecular weight is 984 g/mol. The highest BCUT2D eigenvalue weighted by molar-refractivity contribution is 6.09. The molecule has 3 heteroatoms. The Morgan fingerprint density at radius 3 is 1.23 bits per heavy atom. The zero-order valence-electron chi connectivity index (χ0n) is 43.2. The summed E-state index contributed by atoms with van der Waals surface area (Å²) in [4.78, 5) is 14.3. The number of benzene rings is 10. The van der Waals surface area contributed by atoms with Crippen molar-refractivity contribution in [2.24, 2.45) is 0 Å². The van der Waals surface area contributed by atoms with E-state index in [1.54, 1.807) is 0 Å². The van der Waals surface area contributed by atoms with Crippen molar-refractivity contribution in [3.63, 3.8) is 0 Å². The van der Waals surface area contributed by atoms with E-state index in [2.05, 4.69) is 263 Å². The van der Waals surface area contributed by atoms with Gasteiger partial charge >= 0.3 is 0 Å². The summed E-state index contributed by atoms with van der Waals surface area (Å²) in [6.07, 6.45) is 5.77. The number of nitrogens with zero attached hydrogens (tertiary/aromatic N) is 3. The molecule has 13 rings (SSSR count). The van der Waals surface area contributed by atoms with Gasteiger partial charge in [-0.05, 0) is 191 Å². The van der Waals surface area contributed by atoms with Crippen LogP contribution < -0.4 is 0 Å². The summed E-state index contributed by atoms with van der Waals surface area (Å²) in [5.41, 5.74) is 25.6. The second kappa shape index (κ2) is 20.1. The van der Waals surface area contributed by atoms with Crippen LogP contribution in [-0.2, 0) is 0 Å². The topological polar surface area (TPSA) is 38.7 Å². The lowest BCUT2D eigenvalue weighted by molar-refractivity contribution is 1.27. The van der Waals surface area contributed by atoms with E-state index in [-0.39, 0.29) is 0 Å². The molecule has 0 saturated carbocycles. The smallest absolute Gasteiger partial charge is 0.0704 e. The molecular formula is C74H53N3. The van der Waals surface area contributed by atoms with Crippen LogP contribution in [0.25, 0.3) is 133 Å². The minimum absolute atomic E-state index is 0.945. The van der Waals surface area contributed by atoms with E-state index in [1.165, 1.54) is 27.1 Å². The van der Waals surface area contributed by atoms with E-state index in [0.29, 0.717) is 0 Å². The van der Waals surface area contributed by atoms with Crippen LogP contribution >= 0.6 is 0 Å². The van der Waals surface area contributed by atoms with E-state index < -0.39 is 0 Å². The first kappa shape index (κ1) is 46.9. The molecule has 13 aromatic rings. The van der Waals surface area contributed by atoms with Crippen LogP contribution in [0.15, 0.2) is 267 Å². The summed E-state index contributed by atoms with van der Waals surface area (Å²) < 4.78 is 0. The van der Waals surface area contributed by atoms with Gasteiger partial charge in [0.2, 0.25) is 0 Å². The standard InChI is InChI=1S/C74H53N3/c1-48-38-39-75-74(40-48)55-29-24-53(25-30-55)64-15-7-9-17-66(64)60-42-59(65-16-8-6-14-63(65)52-22-27-54(28-23-52)72-36-20-49(2)46-76-72)43-61(44-60)67-18-10-11-19-69(67)70-35-33-58(73-37-21-50(3)47-77-73)45-71(70)57-32-34-68-56(41-57)31-26-51-12-4-5-13-62(51)68/h4-47H,1-3H3. The molecule has 0 atom stereocenters. The fourth-order valence-electron chi connectivity index (χ4n) is 11.0. The highest BCUT2D eigenvalue weighted by atomic mass is 14.7. The largest absolute Gasteiger partial charge is 0.256 e. The maximum absolute atomic E-state index is 4.91. The number of fused-ring (bicyclic) bond motifs is 3. The molecule has 10 aromatic carbocycles.